The van der Waals surface area contributed by atoms with Crippen LogP contribution in [-0.4, -0.2) is 18.9 Å². The fourth-order valence-electron chi connectivity index (χ4n) is 0.514. The number of nitrogens with zero attached hydrogens (tertiary/aromatic N) is 1. The third-order valence-electron chi connectivity index (χ3n) is 1.08. The summed E-state index contributed by atoms with van der Waals surface area (Å²) in [5, 5.41) is 3.70. The van der Waals surface area contributed by atoms with E-state index in [2.05, 4.69) is 10.5 Å². The highest BCUT2D eigenvalue weighted by molar-refractivity contribution is 5.69. The number of nitrogens with one attached hydrogen (secondary N) is 1. The van der Waals surface area contributed by atoms with Gasteiger partial charge in [0.05, 0.1) is 6.61 Å². The van der Waals surface area contributed by atoms with Crippen LogP contribution in [0.4, 0.5) is 4.79 Å². The highest BCUT2D eigenvalue weighted by atomic mass is 16.6. The van der Waals surface area contributed by atoms with Gasteiger partial charge in [-0.1, -0.05) is 27.7 Å². The third kappa shape index (κ3) is 8.85. The van der Waals surface area contributed by atoms with E-state index in [9.17, 15) is 4.79 Å². The Morgan fingerprint density at radius 3 is 2.54 bits per heavy atom. The highest BCUT2D eigenvalue weighted by Gasteiger charge is 2.00. The molecule has 0 aromatic carbocycles. The van der Waals surface area contributed by atoms with Gasteiger partial charge >= 0.3 is 6.09 Å². The van der Waals surface area contributed by atoms with E-state index in [4.69, 9.17) is 4.74 Å². The zero-order chi connectivity index (χ0) is 10.3. The zero-order valence-corrected chi connectivity index (χ0v) is 8.70. The van der Waals surface area contributed by atoms with Crippen molar-refractivity contribution < 1.29 is 9.53 Å². The van der Waals surface area contributed by atoms with E-state index >= 15 is 0 Å². The Hall–Kier alpha value is -1.06. The van der Waals surface area contributed by atoms with Gasteiger partial charge in [-0.3, -0.25) is 0 Å². The van der Waals surface area contributed by atoms with Crippen LogP contribution in [-0.2, 0) is 4.74 Å². The molecule has 0 unspecified atom stereocenters. The lowest BCUT2D eigenvalue weighted by molar-refractivity contribution is 0.133. The minimum Gasteiger partial charge on any atom is -0.448 e. The number of ether oxygens (including phenoxy) is 1. The maximum absolute atomic E-state index is 10.9. The SMILES string of the molecule is CC(C)C=NNC(=O)OCC(C)C. The summed E-state index contributed by atoms with van der Waals surface area (Å²) in [6, 6.07) is 0. The van der Waals surface area contributed by atoms with Gasteiger partial charge < -0.3 is 4.74 Å². The van der Waals surface area contributed by atoms with E-state index < -0.39 is 6.09 Å². The first-order valence-corrected chi connectivity index (χ1v) is 4.48. The Bertz CT molecular complexity index is 176. The molecule has 4 nitrogen and oxygen atoms in total. The van der Waals surface area contributed by atoms with Crippen LogP contribution < -0.4 is 5.43 Å². The number of hydrogen-bond acceptors (Lipinski definition) is 3. The first-order valence-electron chi connectivity index (χ1n) is 4.48. The Balaban J connectivity index is 3.52. The van der Waals surface area contributed by atoms with Crippen molar-refractivity contribution in [2.24, 2.45) is 16.9 Å². The largest absolute Gasteiger partial charge is 0.448 e. The van der Waals surface area contributed by atoms with E-state index in [0.717, 1.165) is 0 Å². The van der Waals surface area contributed by atoms with Gasteiger partial charge in [-0.25, -0.2) is 10.2 Å². The predicted molar refractivity (Wildman–Crippen MR) is 52.7 cm³/mol. The molecule has 1 N–H and O–H groups in total. The normalized spacial score (nSPS) is 11.2. The third-order valence-corrected chi connectivity index (χ3v) is 1.08. The first-order chi connectivity index (χ1) is 6.02. The molecule has 0 saturated heterocycles. The summed E-state index contributed by atoms with van der Waals surface area (Å²) in [6.07, 6.45) is 1.15. The van der Waals surface area contributed by atoms with Crippen molar-refractivity contribution in [1.29, 1.82) is 0 Å². The Morgan fingerprint density at radius 2 is 2.08 bits per heavy atom. The second-order valence-electron chi connectivity index (χ2n) is 3.63. The molecule has 4 heteroatoms. The van der Waals surface area contributed by atoms with Crippen LogP contribution in [0.3, 0.4) is 0 Å². The lowest BCUT2D eigenvalue weighted by Crippen LogP contribution is -2.21. The van der Waals surface area contributed by atoms with Crippen molar-refractivity contribution in [3.05, 3.63) is 0 Å². The maximum Gasteiger partial charge on any atom is 0.427 e. The molecule has 0 aliphatic rings. The van der Waals surface area contributed by atoms with Gasteiger partial charge in [0, 0.05) is 6.21 Å². The highest BCUT2D eigenvalue weighted by Crippen LogP contribution is 1.92. The number of carbonyl (C=O) groups excluding carboxylic acids is 1. The topological polar surface area (TPSA) is 50.7 Å². The molecule has 76 valence electrons. The van der Waals surface area contributed by atoms with Crippen LogP contribution in [0.15, 0.2) is 5.10 Å². The van der Waals surface area contributed by atoms with Crippen LogP contribution >= 0.6 is 0 Å². The number of amides is 1. The fraction of sp³-hybridized carbons (Fsp3) is 0.778. The van der Waals surface area contributed by atoms with Gasteiger partial charge in [0.15, 0.2) is 0 Å². The number of rotatable bonds is 4. The molecular weight excluding hydrogens is 168 g/mol. The quantitative estimate of drug-likeness (QED) is 0.539. The smallest absolute Gasteiger partial charge is 0.427 e. The lowest BCUT2D eigenvalue weighted by atomic mass is 10.2. The molecule has 0 aromatic rings. The number of carbonyl (C=O) groups is 1. The van der Waals surface area contributed by atoms with Crippen molar-refractivity contribution in [1.82, 2.24) is 5.43 Å². The van der Waals surface area contributed by atoms with Gasteiger partial charge in [0.25, 0.3) is 0 Å². The molecule has 0 atom stereocenters. The van der Waals surface area contributed by atoms with E-state index in [1.165, 1.54) is 0 Å². The Kier molecular flexibility index (Phi) is 5.93. The molecule has 0 aliphatic heterocycles. The summed E-state index contributed by atoms with van der Waals surface area (Å²) in [5.41, 5.74) is 2.28. The van der Waals surface area contributed by atoms with Gasteiger partial charge in [-0.2, -0.15) is 5.10 Å². The minimum atomic E-state index is -0.495. The summed E-state index contributed by atoms with van der Waals surface area (Å²) in [6.45, 7) is 8.33. The van der Waals surface area contributed by atoms with Gasteiger partial charge in [0.2, 0.25) is 0 Å². The maximum atomic E-state index is 10.9. The molecule has 0 rings (SSSR count). The van der Waals surface area contributed by atoms with E-state index in [1.54, 1.807) is 6.21 Å². The molecule has 0 radical (unpaired) electrons. The van der Waals surface area contributed by atoms with Crippen molar-refractivity contribution >= 4 is 12.3 Å². The number of hydrogen-bond donors (Lipinski definition) is 1. The van der Waals surface area contributed by atoms with Crippen molar-refractivity contribution in [2.75, 3.05) is 6.61 Å². The molecule has 0 spiro atoms. The average molecular weight is 186 g/mol. The molecule has 0 saturated carbocycles. The number of hydrazone groups is 1. The second kappa shape index (κ2) is 6.46. The molecule has 0 aliphatic carbocycles. The first kappa shape index (κ1) is 11.9. The van der Waals surface area contributed by atoms with E-state index in [-0.39, 0.29) is 0 Å². The monoisotopic (exact) mass is 186 g/mol. The van der Waals surface area contributed by atoms with E-state index in [1.807, 2.05) is 27.7 Å². The van der Waals surface area contributed by atoms with Crippen molar-refractivity contribution in [3.63, 3.8) is 0 Å². The molecule has 0 heterocycles. The fourth-order valence-corrected chi connectivity index (χ4v) is 0.514. The Labute approximate surface area is 79.3 Å². The average Bonchev–Trinajstić information content (AvgIpc) is 2.00. The predicted octanol–water partition coefficient (Wildman–Crippen LogP) is 2.01. The van der Waals surface area contributed by atoms with Crippen molar-refractivity contribution in [3.8, 4) is 0 Å². The van der Waals surface area contributed by atoms with Gasteiger partial charge in [0.1, 0.15) is 0 Å². The molecular formula is C9H18N2O2. The molecule has 1 amide bonds. The van der Waals surface area contributed by atoms with Gasteiger partial charge in [-0.15, -0.1) is 0 Å². The van der Waals surface area contributed by atoms with Gasteiger partial charge in [-0.05, 0) is 11.8 Å². The van der Waals surface area contributed by atoms with Crippen LogP contribution in [0, 0.1) is 11.8 Å². The molecule has 0 bridgehead atoms. The Morgan fingerprint density at radius 1 is 1.46 bits per heavy atom. The summed E-state index contributed by atoms with van der Waals surface area (Å²) in [4.78, 5) is 10.9. The molecule has 13 heavy (non-hydrogen) atoms. The second-order valence-corrected chi connectivity index (χ2v) is 3.63. The van der Waals surface area contributed by atoms with Crippen LogP contribution in [0.1, 0.15) is 27.7 Å². The van der Waals surface area contributed by atoms with Crippen LogP contribution in [0.25, 0.3) is 0 Å². The molecule has 0 fully saturated rings. The van der Waals surface area contributed by atoms with Crippen molar-refractivity contribution in [2.45, 2.75) is 27.7 Å². The minimum absolute atomic E-state index is 0.324. The molecule has 0 aromatic heterocycles. The zero-order valence-electron chi connectivity index (χ0n) is 8.70. The summed E-state index contributed by atoms with van der Waals surface area (Å²) in [5.74, 6) is 0.672. The summed E-state index contributed by atoms with van der Waals surface area (Å²) < 4.78 is 4.82. The van der Waals surface area contributed by atoms with Crippen LogP contribution in [0.2, 0.25) is 0 Å². The van der Waals surface area contributed by atoms with Crippen LogP contribution in [0.5, 0.6) is 0 Å². The van der Waals surface area contributed by atoms with E-state index in [0.29, 0.717) is 18.4 Å². The lowest BCUT2D eigenvalue weighted by Gasteiger charge is -2.05. The standard InChI is InChI=1S/C9H18N2O2/c1-7(2)5-10-11-9(12)13-6-8(3)4/h5,7-8H,6H2,1-4H3,(H,11,12). The summed E-state index contributed by atoms with van der Waals surface area (Å²) >= 11 is 0. The summed E-state index contributed by atoms with van der Waals surface area (Å²) in [7, 11) is 0.